The molecule has 1 saturated heterocycles. The molecule has 2 rings (SSSR count). The molecule has 1 aliphatic rings. The van der Waals surface area contributed by atoms with Crippen LogP contribution in [0.15, 0.2) is 12.3 Å². The van der Waals surface area contributed by atoms with Crippen molar-refractivity contribution < 1.29 is 0 Å². The van der Waals surface area contributed by atoms with Crippen LogP contribution >= 0.6 is 23.2 Å². The molecule has 5 heteroatoms. The minimum absolute atomic E-state index is 0.565. The molecule has 1 aromatic rings. The normalized spacial score (nSPS) is 21.5. The maximum absolute atomic E-state index is 6.06. The van der Waals surface area contributed by atoms with Crippen LogP contribution in [0.4, 0.5) is 5.82 Å². The number of halogens is 2. The molecule has 1 unspecified atom stereocenters. The SMILES string of the molecule is CN1CCCCC1CNc1ncc(Cl)cc1Cl. The number of rotatable bonds is 3. The number of likely N-dealkylation sites (tertiary alicyclic amines) is 1. The van der Waals surface area contributed by atoms with Crippen LogP contribution in [0, 0.1) is 0 Å². The number of nitrogens with one attached hydrogen (secondary N) is 1. The smallest absolute Gasteiger partial charge is 0.144 e. The van der Waals surface area contributed by atoms with Gasteiger partial charge >= 0.3 is 0 Å². The average molecular weight is 274 g/mol. The van der Waals surface area contributed by atoms with E-state index in [1.54, 1.807) is 12.3 Å². The zero-order valence-electron chi connectivity index (χ0n) is 9.92. The van der Waals surface area contributed by atoms with Crippen molar-refractivity contribution in [2.24, 2.45) is 0 Å². The molecule has 0 saturated carbocycles. The highest BCUT2D eigenvalue weighted by Crippen LogP contribution is 2.23. The van der Waals surface area contributed by atoms with Gasteiger partial charge in [0.25, 0.3) is 0 Å². The fourth-order valence-corrected chi connectivity index (χ4v) is 2.61. The van der Waals surface area contributed by atoms with Crippen LogP contribution in [0.2, 0.25) is 10.0 Å². The molecule has 1 N–H and O–H groups in total. The molecule has 1 aliphatic heterocycles. The van der Waals surface area contributed by atoms with Gasteiger partial charge < -0.3 is 10.2 Å². The number of aromatic nitrogens is 1. The molecule has 17 heavy (non-hydrogen) atoms. The van der Waals surface area contributed by atoms with Gasteiger partial charge in [-0.1, -0.05) is 29.6 Å². The van der Waals surface area contributed by atoms with Crippen LogP contribution < -0.4 is 5.32 Å². The standard InChI is InChI=1S/C12H17Cl2N3/c1-17-5-3-2-4-10(17)8-16-12-11(14)6-9(13)7-15-12/h6-7,10H,2-5,8H2,1H3,(H,15,16). The van der Waals surface area contributed by atoms with Gasteiger partial charge in [-0.15, -0.1) is 0 Å². The topological polar surface area (TPSA) is 28.2 Å². The molecule has 0 aliphatic carbocycles. The number of hydrogen-bond donors (Lipinski definition) is 1. The first-order valence-electron chi connectivity index (χ1n) is 5.92. The highest BCUT2D eigenvalue weighted by Gasteiger charge is 2.18. The molecule has 94 valence electrons. The lowest BCUT2D eigenvalue weighted by Gasteiger charge is -2.32. The summed E-state index contributed by atoms with van der Waals surface area (Å²) < 4.78 is 0. The van der Waals surface area contributed by atoms with Crippen LogP contribution in [0.3, 0.4) is 0 Å². The molecule has 0 aromatic carbocycles. The Kier molecular flexibility index (Phi) is 4.48. The summed E-state index contributed by atoms with van der Waals surface area (Å²) in [6.07, 6.45) is 5.44. The Morgan fingerprint density at radius 3 is 3.00 bits per heavy atom. The molecular formula is C12H17Cl2N3. The maximum Gasteiger partial charge on any atom is 0.144 e. The van der Waals surface area contributed by atoms with E-state index in [0.717, 1.165) is 12.4 Å². The molecular weight excluding hydrogens is 257 g/mol. The van der Waals surface area contributed by atoms with E-state index in [1.165, 1.54) is 25.8 Å². The zero-order valence-corrected chi connectivity index (χ0v) is 11.4. The average Bonchev–Trinajstić information content (AvgIpc) is 2.30. The van der Waals surface area contributed by atoms with Gasteiger partial charge in [0.05, 0.1) is 10.0 Å². The summed E-state index contributed by atoms with van der Waals surface area (Å²) in [5, 5.41) is 4.44. The fourth-order valence-electron chi connectivity index (χ4n) is 2.16. The summed E-state index contributed by atoms with van der Waals surface area (Å²) in [4.78, 5) is 6.58. The Balaban J connectivity index is 1.92. The van der Waals surface area contributed by atoms with Crippen molar-refractivity contribution in [2.45, 2.75) is 25.3 Å². The summed E-state index contributed by atoms with van der Waals surface area (Å²) in [6.45, 7) is 2.05. The van der Waals surface area contributed by atoms with Gasteiger partial charge in [0.2, 0.25) is 0 Å². The summed E-state index contributed by atoms with van der Waals surface area (Å²) in [5.41, 5.74) is 0. The van der Waals surface area contributed by atoms with Gasteiger partial charge in [-0.2, -0.15) is 0 Å². The minimum atomic E-state index is 0.565. The fraction of sp³-hybridized carbons (Fsp3) is 0.583. The second-order valence-corrected chi connectivity index (χ2v) is 5.34. The first-order valence-corrected chi connectivity index (χ1v) is 6.67. The second-order valence-electron chi connectivity index (χ2n) is 4.50. The minimum Gasteiger partial charge on any atom is -0.367 e. The lowest BCUT2D eigenvalue weighted by Crippen LogP contribution is -2.40. The summed E-state index contributed by atoms with van der Waals surface area (Å²) in [7, 11) is 2.17. The highest BCUT2D eigenvalue weighted by atomic mass is 35.5. The van der Waals surface area contributed by atoms with Gasteiger partial charge in [-0.3, -0.25) is 0 Å². The van der Waals surface area contributed by atoms with Crippen molar-refractivity contribution in [2.75, 3.05) is 25.5 Å². The number of anilines is 1. The van der Waals surface area contributed by atoms with Crippen LogP contribution in [0.1, 0.15) is 19.3 Å². The highest BCUT2D eigenvalue weighted by molar-refractivity contribution is 6.35. The predicted octanol–water partition coefficient (Wildman–Crippen LogP) is 3.28. The van der Waals surface area contributed by atoms with Crippen molar-refractivity contribution >= 4 is 29.0 Å². The number of likely N-dealkylation sites (N-methyl/N-ethyl adjacent to an activating group) is 1. The number of piperidine rings is 1. The van der Waals surface area contributed by atoms with E-state index in [0.29, 0.717) is 16.1 Å². The molecule has 0 amide bonds. The van der Waals surface area contributed by atoms with Gasteiger partial charge in [-0.25, -0.2) is 4.98 Å². The third kappa shape index (κ3) is 3.47. The van der Waals surface area contributed by atoms with Crippen molar-refractivity contribution in [1.82, 2.24) is 9.88 Å². The quantitative estimate of drug-likeness (QED) is 0.916. The Morgan fingerprint density at radius 2 is 2.29 bits per heavy atom. The molecule has 2 heterocycles. The number of pyridine rings is 1. The third-order valence-electron chi connectivity index (χ3n) is 3.23. The second kappa shape index (κ2) is 5.89. The van der Waals surface area contributed by atoms with Crippen LogP contribution in [0.5, 0.6) is 0 Å². The first kappa shape index (κ1) is 12.9. The van der Waals surface area contributed by atoms with E-state index in [-0.39, 0.29) is 0 Å². The molecule has 0 bridgehead atoms. The third-order valence-corrected chi connectivity index (χ3v) is 3.73. The van der Waals surface area contributed by atoms with E-state index in [9.17, 15) is 0 Å². The van der Waals surface area contributed by atoms with Gasteiger partial charge in [-0.05, 0) is 32.5 Å². The molecule has 3 nitrogen and oxygen atoms in total. The molecule has 1 fully saturated rings. The van der Waals surface area contributed by atoms with Crippen LogP contribution in [-0.2, 0) is 0 Å². The van der Waals surface area contributed by atoms with Crippen LogP contribution in [0.25, 0.3) is 0 Å². The van der Waals surface area contributed by atoms with E-state index in [2.05, 4.69) is 22.2 Å². The van der Waals surface area contributed by atoms with E-state index >= 15 is 0 Å². The van der Waals surface area contributed by atoms with Gasteiger partial charge in [0, 0.05) is 18.8 Å². The Bertz CT molecular complexity index is 384. The molecule has 1 aromatic heterocycles. The van der Waals surface area contributed by atoms with Crippen molar-refractivity contribution in [3.63, 3.8) is 0 Å². The Labute approximate surface area is 112 Å². The first-order chi connectivity index (χ1) is 8.16. The summed E-state index contributed by atoms with van der Waals surface area (Å²) >= 11 is 11.9. The maximum atomic E-state index is 6.06. The molecule has 0 radical (unpaired) electrons. The van der Waals surface area contributed by atoms with Crippen LogP contribution in [-0.4, -0.2) is 36.1 Å². The largest absolute Gasteiger partial charge is 0.367 e. The Hall–Kier alpha value is -0.510. The number of nitrogens with zero attached hydrogens (tertiary/aromatic N) is 2. The summed E-state index contributed by atoms with van der Waals surface area (Å²) in [5.74, 6) is 0.718. The van der Waals surface area contributed by atoms with Crippen molar-refractivity contribution in [3.05, 3.63) is 22.3 Å². The van der Waals surface area contributed by atoms with Gasteiger partial charge in [0.1, 0.15) is 5.82 Å². The number of hydrogen-bond acceptors (Lipinski definition) is 3. The Morgan fingerprint density at radius 1 is 1.47 bits per heavy atom. The van der Waals surface area contributed by atoms with Gasteiger partial charge in [0.15, 0.2) is 0 Å². The van der Waals surface area contributed by atoms with Crippen molar-refractivity contribution in [1.29, 1.82) is 0 Å². The monoisotopic (exact) mass is 273 g/mol. The molecule has 1 atom stereocenters. The zero-order chi connectivity index (χ0) is 12.3. The van der Waals surface area contributed by atoms with E-state index < -0.39 is 0 Å². The predicted molar refractivity (Wildman–Crippen MR) is 73.0 cm³/mol. The van der Waals surface area contributed by atoms with E-state index in [4.69, 9.17) is 23.2 Å². The molecule has 0 spiro atoms. The van der Waals surface area contributed by atoms with E-state index in [1.807, 2.05) is 0 Å². The lowest BCUT2D eigenvalue weighted by atomic mass is 10.0. The van der Waals surface area contributed by atoms with Crippen molar-refractivity contribution in [3.8, 4) is 0 Å². The lowest BCUT2D eigenvalue weighted by molar-refractivity contribution is 0.194. The summed E-state index contributed by atoms with van der Waals surface area (Å²) in [6, 6.07) is 2.28.